The minimum absolute atomic E-state index is 0.0902. The van der Waals surface area contributed by atoms with Crippen molar-refractivity contribution in [2.75, 3.05) is 14.1 Å². The van der Waals surface area contributed by atoms with Gasteiger partial charge < -0.3 is 15.7 Å². The van der Waals surface area contributed by atoms with Gasteiger partial charge in [-0.1, -0.05) is 60.7 Å². The summed E-state index contributed by atoms with van der Waals surface area (Å²) in [6.07, 6.45) is 0.688. The smallest absolute Gasteiger partial charge is 0.0940 e. The number of nitrogens with one attached hydrogen (secondary N) is 2. The zero-order chi connectivity index (χ0) is 17.1. The van der Waals surface area contributed by atoms with Crippen LogP contribution in [0.25, 0.3) is 0 Å². The number of aliphatic hydroxyl groups excluding tert-OH is 1. The van der Waals surface area contributed by atoms with Crippen molar-refractivity contribution < 1.29 is 5.11 Å². The molecule has 0 saturated carbocycles. The van der Waals surface area contributed by atoms with E-state index in [-0.39, 0.29) is 6.04 Å². The maximum atomic E-state index is 9.73. The van der Waals surface area contributed by atoms with Gasteiger partial charge in [0.15, 0.2) is 0 Å². The fourth-order valence-corrected chi connectivity index (χ4v) is 2.17. The van der Waals surface area contributed by atoms with Crippen LogP contribution in [0, 0.1) is 0 Å². The van der Waals surface area contributed by atoms with Crippen LogP contribution in [0.3, 0.4) is 0 Å². The Morgan fingerprint density at radius 3 is 1.83 bits per heavy atom. The lowest BCUT2D eigenvalue weighted by molar-refractivity contribution is 0.140. The largest absolute Gasteiger partial charge is 0.387 e. The zero-order valence-electron chi connectivity index (χ0n) is 14.7. The fourth-order valence-electron chi connectivity index (χ4n) is 2.17. The third kappa shape index (κ3) is 7.42. The van der Waals surface area contributed by atoms with E-state index in [0.29, 0.717) is 6.04 Å². The normalized spacial score (nSPS) is 14.3. The minimum Gasteiger partial charge on any atom is -0.387 e. The van der Waals surface area contributed by atoms with Gasteiger partial charge in [-0.3, -0.25) is 0 Å². The minimum atomic E-state index is -0.420. The van der Waals surface area contributed by atoms with Crippen LogP contribution in [0.5, 0.6) is 0 Å². The second-order valence-electron chi connectivity index (χ2n) is 5.81. The molecule has 0 aliphatic heterocycles. The van der Waals surface area contributed by atoms with Crippen molar-refractivity contribution in [1.29, 1.82) is 0 Å². The number of rotatable bonds is 6. The van der Waals surface area contributed by atoms with E-state index in [1.54, 1.807) is 0 Å². The second-order valence-corrected chi connectivity index (χ2v) is 5.81. The molecule has 126 valence electrons. The van der Waals surface area contributed by atoms with Gasteiger partial charge in [0.25, 0.3) is 0 Å². The molecule has 0 spiro atoms. The van der Waals surface area contributed by atoms with E-state index < -0.39 is 6.10 Å². The molecule has 1 unspecified atom stereocenters. The molecule has 3 atom stereocenters. The number of hydrogen-bond acceptors (Lipinski definition) is 3. The van der Waals surface area contributed by atoms with Crippen LogP contribution in [0.4, 0.5) is 0 Å². The van der Waals surface area contributed by atoms with Crippen LogP contribution >= 0.6 is 0 Å². The zero-order valence-corrected chi connectivity index (χ0v) is 14.7. The lowest BCUT2D eigenvalue weighted by Crippen LogP contribution is -2.28. The third-order valence-corrected chi connectivity index (χ3v) is 3.95. The molecule has 0 aliphatic carbocycles. The van der Waals surface area contributed by atoms with E-state index in [2.05, 4.69) is 41.8 Å². The summed E-state index contributed by atoms with van der Waals surface area (Å²) in [5.74, 6) is 0. The van der Waals surface area contributed by atoms with Gasteiger partial charge in [-0.2, -0.15) is 0 Å². The quantitative estimate of drug-likeness (QED) is 0.767. The average Bonchev–Trinajstić information content (AvgIpc) is 2.62. The van der Waals surface area contributed by atoms with Gasteiger partial charge in [0.1, 0.15) is 0 Å². The molecular weight excluding hydrogens is 284 g/mol. The Morgan fingerprint density at radius 2 is 1.35 bits per heavy atom. The Morgan fingerprint density at radius 1 is 0.826 bits per heavy atom. The average molecular weight is 314 g/mol. The number of aliphatic hydroxyl groups is 1. The molecule has 0 amide bonds. The monoisotopic (exact) mass is 314 g/mol. The molecule has 2 aromatic carbocycles. The summed E-state index contributed by atoms with van der Waals surface area (Å²) in [4.78, 5) is 0. The van der Waals surface area contributed by atoms with Crippen molar-refractivity contribution >= 4 is 0 Å². The summed E-state index contributed by atoms with van der Waals surface area (Å²) < 4.78 is 0. The van der Waals surface area contributed by atoms with E-state index in [4.69, 9.17) is 0 Å². The first-order valence-electron chi connectivity index (χ1n) is 8.20. The molecule has 0 aromatic heterocycles. The van der Waals surface area contributed by atoms with Crippen molar-refractivity contribution in [2.24, 2.45) is 0 Å². The molecule has 3 N–H and O–H groups in total. The maximum absolute atomic E-state index is 9.73. The lowest BCUT2D eigenvalue weighted by atomic mass is 10.0. The summed E-state index contributed by atoms with van der Waals surface area (Å²) in [5, 5.41) is 16.0. The van der Waals surface area contributed by atoms with Gasteiger partial charge >= 0.3 is 0 Å². The Hall–Kier alpha value is -1.68. The van der Waals surface area contributed by atoms with E-state index in [1.165, 1.54) is 5.56 Å². The Bertz CT molecular complexity index is 516. The molecule has 3 nitrogen and oxygen atoms in total. The molecule has 0 aliphatic rings. The van der Waals surface area contributed by atoms with Crippen LogP contribution in [-0.4, -0.2) is 31.3 Å². The first-order valence-corrected chi connectivity index (χ1v) is 8.20. The summed E-state index contributed by atoms with van der Waals surface area (Å²) in [6, 6.07) is 20.9. The highest BCUT2D eigenvalue weighted by Gasteiger charge is 2.12. The Labute approximate surface area is 140 Å². The molecule has 3 heteroatoms. The predicted octanol–water partition coefficient (Wildman–Crippen LogP) is 3.16. The van der Waals surface area contributed by atoms with E-state index in [1.807, 2.05) is 57.4 Å². The van der Waals surface area contributed by atoms with E-state index >= 15 is 0 Å². The molecule has 0 heterocycles. The van der Waals surface area contributed by atoms with Crippen molar-refractivity contribution in [2.45, 2.75) is 38.5 Å². The highest BCUT2D eigenvalue weighted by Crippen LogP contribution is 2.15. The third-order valence-electron chi connectivity index (χ3n) is 3.95. The van der Waals surface area contributed by atoms with Crippen LogP contribution in [-0.2, 0) is 6.42 Å². The van der Waals surface area contributed by atoms with Gasteiger partial charge in [0.05, 0.1) is 6.10 Å². The first-order chi connectivity index (χ1) is 11.1. The fraction of sp³-hybridized carbons (Fsp3) is 0.400. The van der Waals surface area contributed by atoms with E-state index in [0.717, 1.165) is 12.0 Å². The molecule has 0 fully saturated rings. The van der Waals surface area contributed by atoms with Crippen LogP contribution < -0.4 is 10.6 Å². The Kier molecular flexibility index (Phi) is 9.22. The molecular formula is C20H30N2O. The SMILES string of the molecule is CN[C@@H](C)C(O)c1ccccc1.CN[C@@H](C)Cc1ccccc1. The highest BCUT2D eigenvalue weighted by molar-refractivity contribution is 5.18. The molecule has 0 saturated heterocycles. The van der Waals surface area contributed by atoms with Gasteiger partial charge in [-0.05, 0) is 45.5 Å². The summed E-state index contributed by atoms with van der Waals surface area (Å²) in [6.45, 7) is 4.14. The van der Waals surface area contributed by atoms with Crippen LogP contribution in [0.2, 0.25) is 0 Å². The topological polar surface area (TPSA) is 44.3 Å². The highest BCUT2D eigenvalue weighted by atomic mass is 16.3. The summed E-state index contributed by atoms with van der Waals surface area (Å²) in [5.41, 5.74) is 2.36. The van der Waals surface area contributed by atoms with Crippen molar-refractivity contribution in [3.05, 3.63) is 71.8 Å². The number of benzene rings is 2. The number of likely N-dealkylation sites (N-methyl/N-ethyl adjacent to an activating group) is 2. The maximum Gasteiger partial charge on any atom is 0.0940 e. The first kappa shape index (κ1) is 19.4. The predicted molar refractivity (Wildman–Crippen MR) is 98.6 cm³/mol. The van der Waals surface area contributed by atoms with Gasteiger partial charge in [0, 0.05) is 12.1 Å². The number of hydrogen-bond donors (Lipinski definition) is 3. The summed E-state index contributed by atoms with van der Waals surface area (Å²) in [7, 11) is 3.84. The van der Waals surface area contributed by atoms with Crippen LogP contribution in [0.15, 0.2) is 60.7 Å². The molecule has 2 aromatic rings. The lowest BCUT2D eigenvalue weighted by Gasteiger charge is -2.17. The van der Waals surface area contributed by atoms with Gasteiger partial charge in [-0.25, -0.2) is 0 Å². The molecule has 2 rings (SSSR count). The molecule has 0 radical (unpaired) electrons. The second kappa shape index (κ2) is 10.9. The van der Waals surface area contributed by atoms with Crippen molar-refractivity contribution in [1.82, 2.24) is 10.6 Å². The van der Waals surface area contributed by atoms with Gasteiger partial charge in [0.2, 0.25) is 0 Å². The summed E-state index contributed by atoms with van der Waals surface area (Å²) >= 11 is 0. The standard InChI is InChI=1S/C10H15NO.C10H15N/c1-8(11-2)10(12)9-6-4-3-5-7-9;1-9(11-2)8-10-6-4-3-5-7-10/h3-8,10-12H,1-2H3;3-7,9,11H,8H2,1-2H3/t8-,10?;9-/m00/s1. The van der Waals surface area contributed by atoms with Crippen LogP contribution in [0.1, 0.15) is 31.1 Å². The Balaban J connectivity index is 0.000000231. The van der Waals surface area contributed by atoms with E-state index in [9.17, 15) is 5.11 Å². The van der Waals surface area contributed by atoms with Gasteiger partial charge in [-0.15, -0.1) is 0 Å². The van der Waals surface area contributed by atoms with Crippen molar-refractivity contribution in [3.63, 3.8) is 0 Å². The molecule has 23 heavy (non-hydrogen) atoms. The van der Waals surface area contributed by atoms with Crippen molar-refractivity contribution in [3.8, 4) is 0 Å². The molecule has 0 bridgehead atoms.